The van der Waals surface area contributed by atoms with E-state index in [4.69, 9.17) is 5.73 Å². The molecule has 1 atom stereocenters. The van der Waals surface area contributed by atoms with Crippen LogP contribution in [-0.2, 0) is 6.42 Å². The van der Waals surface area contributed by atoms with E-state index in [1.165, 1.54) is 0 Å². The van der Waals surface area contributed by atoms with Crippen LogP contribution in [0.25, 0.3) is 0 Å². The highest BCUT2D eigenvalue weighted by Gasteiger charge is 2.19. The zero-order chi connectivity index (χ0) is 16.9. The smallest absolute Gasteiger partial charge is 0.123 e. The summed E-state index contributed by atoms with van der Waals surface area (Å²) in [5, 5.41) is 23.1. The zero-order valence-corrected chi connectivity index (χ0v) is 13.7. The van der Waals surface area contributed by atoms with Gasteiger partial charge in [-0.25, -0.2) is 4.98 Å². The molecule has 0 aliphatic rings. The molecule has 2 rings (SSSR count). The molecule has 0 amide bonds. The van der Waals surface area contributed by atoms with Gasteiger partial charge in [0.05, 0.1) is 6.10 Å². The molecule has 0 bridgehead atoms. The molecular formula is C18H25N3O2. The summed E-state index contributed by atoms with van der Waals surface area (Å²) in [7, 11) is 0. The molecule has 1 aromatic heterocycles. The van der Waals surface area contributed by atoms with E-state index in [-0.39, 0.29) is 5.54 Å². The van der Waals surface area contributed by atoms with Crippen LogP contribution in [0, 0.1) is 0 Å². The van der Waals surface area contributed by atoms with Crippen molar-refractivity contribution < 1.29 is 10.2 Å². The third kappa shape index (κ3) is 5.54. The van der Waals surface area contributed by atoms with E-state index in [1.807, 2.05) is 12.1 Å². The van der Waals surface area contributed by atoms with Gasteiger partial charge in [-0.15, -0.1) is 0 Å². The van der Waals surface area contributed by atoms with Gasteiger partial charge in [0, 0.05) is 23.8 Å². The van der Waals surface area contributed by atoms with Gasteiger partial charge in [-0.1, -0.05) is 18.2 Å². The molecule has 1 heterocycles. The van der Waals surface area contributed by atoms with Gasteiger partial charge in [-0.3, -0.25) is 0 Å². The molecule has 5 N–H and O–H groups in total. The molecule has 5 heteroatoms. The number of pyridine rings is 1. The number of aromatic nitrogens is 1. The molecule has 1 aromatic carbocycles. The van der Waals surface area contributed by atoms with E-state index in [9.17, 15) is 10.2 Å². The number of aromatic hydroxyl groups is 1. The Balaban J connectivity index is 1.84. The summed E-state index contributed by atoms with van der Waals surface area (Å²) in [6, 6.07) is 10.8. The maximum Gasteiger partial charge on any atom is 0.123 e. The highest BCUT2D eigenvalue weighted by atomic mass is 16.3. The molecule has 23 heavy (non-hydrogen) atoms. The first-order valence-corrected chi connectivity index (χ1v) is 7.78. The first-order chi connectivity index (χ1) is 10.9. The maximum atomic E-state index is 10.2. The van der Waals surface area contributed by atoms with Crippen molar-refractivity contribution in [2.75, 3.05) is 12.3 Å². The Labute approximate surface area is 137 Å². The van der Waals surface area contributed by atoms with Crippen LogP contribution in [0.4, 0.5) is 5.82 Å². The Bertz CT molecular complexity index is 626. The second-order valence-corrected chi connectivity index (χ2v) is 6.47. The zero-order valence-electron chi connectivity index (χ0n) is 13.7. The van der Waals surface area contributed by atoms with Crippen LogP contribution < -0.4 is 11.1 Å². The average Bonchev–Trinajstić information content (AvgIpc) is 2.52. The van der Waals surface area contributed by atoms with Gasteiger partial charge in [-0.05, 0) is 50.5 Å². The van der Waals surface area contributed by atoms with Crippen molar-refractivity contribution in [3.63, 3.8) is 0 Å². The molecule has 0 aliphatic carbocycles. The Kier molecular flexibility index (Phi) is 5.58. The number of benzene rings is 1. The van der Waals surface area contributed by atoms with Crippen LogP contribution in [-0.4, -0.2) is 27.3 Å². The van der Waals surface area contributed by atoms with Gasteiger partial charge >= 0.3 is 0 Å². The largest absolute Gasteiger partial charge is 0.508 e. The summed E-state index contributed by atoms with van der Waals surface area (Å²) in [5.74, 6) is 0.736. The van der Waals surface area contributed by atoms with Crippen LogP contribution in [0.15, 0.2) is 42.6 Å². The first-order valence-electron chi connectivity index (χ1n) is 7.78. The Morgan fingerprint density at radius 3 is 2.70 bits per heavy atom. The number of nitrogens with zero attached hydrogens (tertiary/aromatic N) is 1. The summed E-state index contributed by atoms with van der Waals surface area (Å²) < 4.78 is 0. The third-order valence-corrected chi connectivity index (χ3v) is 3.92. The number of rotatable bonds is 7. The monoisotopic (exact) mass is 315 g/mol. The minimum atomic E-state index is -0.622. The molecule has 0 saturated heterocycles. The van der Waals surface area contributed by atoms with Crippen LogP contribution in [0.2, 0.25) is 0 Å². The fourth-order valence-electron chi connectivity index (χ4n) is 2.36. The molecule has 5 nitrogen and oxygen atoms in total. The van der Waals surface area contributed by atoms with E-state index in [0.29, 0.717) is 18.1 Å². The number of anilines is 1. The average molecular weight is 315 g/mol. The highest BCUT2D eigenvalue weighted by Crippen LogP contribution is 2.18. The topological polar surface area (TPSA) is 91.4 Å². The van der Waals surface area contributed by atoms with Crippen molar-refractivity contribution in [1.29, 1.82) is 0 Å². The SMILES string of the molecule is CC(C)(CCc1cccc(O)c1)NC[C@H](O)c1ccc(N)nc1. The lowest BCUT2D eigenvalue weighted by Gasteiger charge is -2.28. The standard InChI is InChI=1S/C18H25N3O2/c1-18(2,9-8-13-4-3-5-15(22)10-13)21-12-16(23)14-6-7-17(19)20-11-14/h3-7,10-11,16,21-23H,8-9,12H2,1-2H3,(H2,19,20)/t16-/m0/s1. The van der Waals surface area contributed by atoms with Gasteiger partial charge in [0.1, 0.15) is 11.6 Å². The maximum absolute atomic E-state index is 10.2. The number of hydrogen-bond donors (Lipinski definition) is 4. The van der Waals surface area contributed by atoms with E-state index in [0.717, 1.165) is 24.0 Å². The second kappa shape index (κ2) is 7.44. The Morgan fingerprint density at radius 2 is 2.04 bits per heavy atom. The lowest BCUT2D eigenvalue weighted by atomic mass is 9.94. The number of aryl methyl sites for hydroxylation is 1. The van der Waals surface area contributed by atoms with Crippen LogP contribution in [0.5, 0.6) is 5.75 Å². The molecule has 0 fully saturated rings. The molecule has 124 valence electrons. The normalized spacial score (nSPS) is 13.0. The number of nitrogens with two attached hydrogens (primary N) is 1. The lowest BCUT2D eigenvalue weighted by Crippen LogP contribution is -2.42. The number of phenolic OH excluding ortho intramolecular Hbond substituents is 1. The summed E-state index contributed by atoms with van der Waals surface area (Å²) in [6.45, 7) is 4.64. The number of aliphatic hydroxyl groups is 1. The van der Waals surface area contributed by atoms with Crippen molar-refractivity contribution in [1.82, 2.24) is 10.3 Å². The van der Waals surface area contributed by atoms with Gasteiger partial charge in [0.15, 0.2) is 0 Å². The van der Waals surface area contributed by atoms with E-state index in [1.54, 1.807) is 30.5 Å². The number of phenols is 1. The van der Waals surface area contributed by atoms with Crippen LogP contribution in [0.1, 0.15) is 37.5 Å². The van der Waals surface area contributed by atoms with E-state index < -0.39 is 6.10 Å². The van der Waals surface area contributed by atoms with Crippen LogP contribution >= 0.6 is 0 Å². The summed E-state index contributed by atoms with van der Waals surface area (Å²) in [6.07, 6.45) is 2.72. The minimum Gasteiger partial charge on any atom is -0.508 e. The molecular weight excluding hydrogens is 290 g/mol. The third-order valence-electron chi connectivity index (χ3n) is 3.92. The molecule has 0 saturated carbocycles. The van der Waals surface area contributed by atoms with Gasteiger partial charge in [-0.2, -0.15) is 0 Å². The Morgan fingerprint density at radius 1 is 1.26 bits per heavy atom. The van der Waals surface area contributed by atoms with Crippen molar-refractivity contribution in [3.8, 4) is 5.75 Å². The predicted octanol–water partition coefficient (Wildman–Crippen LogP) is 2.40. The number of nitrogen functional groups attached to an aromatic ring is 1. The van der Waals surface area contributed by atoms with E-state index >= 15 is 0 Å². The number of aliphatic hydroxyl groups excluding tert-OH is 1. The highest BCUT2D eigenvalue weighted by molar-refractivity contribution is 5.30. The quantitative estimate of drug-likeness (QED) is 0.630. The first kappa shape index (κ1) is 17.2. The van der Waals surface area contributed by atoms with Gasteiger partial charge < -0.3 is 21.3 Å². The van der Waals surface area contributed by atoms with Gasteiger partial charge in [0.2, 0.25) is 0 Å². The molecule has 2 aromatic rings. The Hall–Kier alpha value is -2.11. The molecule has 0 aliphatic heterocycles. The number of hydrogen-bond acceptors (Lipinski definition) is 5. The summed E-state index contributed by atoms with van der Waals surface area (Å²) in [4.78, 5) is 4.00. The second-order valence-electron chi connectivity index (χ2n) is 6.47. The van der Waals surface area contributed by atoms with E-state index in [2.05, 4.69) is 24.1 Å². The van der Waals surface area contributed by atoms with Crippen molar-refractivity contribution in [2.45, 2.75) is 38.3 Å². The van der Waals surface area contributed by atoms with Crippen molar-refractivity contribution in [2.24, 2.45) is 0 Å². The summed E-state index contributed by atoms with van der Waals surface area (Å²) in [5.41, 5.74) is 7.26. The summed E-state index contributed by atoms with van der Waals surface area (Å²) >= 11 is 0. The molecule has 0 spiro atoms. The number of β-amino-alcohol motifs (C(OH)–C–C–N with tert-alkyl or cyclic N) is 1. The molecule has 0 unspecified atom stereocenters. The van der Waals surface area contributed by atoms with Crippen molar-refractivity contribution in [3.05, 3.63) is 53.7 Å². The molecule has 0 radical (unpaired) electrons. The van der Waals surface area contributed by atoms with Crippen LogP contribution in [0.3, 0.4) is 0 Å². The number of nitrogens with one attached hydrogen (secondary N) is 1. The van der Waals surface area contributed by atoms with Gasteiger partial charge in [0.25, 0.3) is 0 Å². The minimum absolute atomic E-state index is 0.131. The fraction of sp³-hybridized carbons (Fsp3) is 0.389. The predicted molar refractivity (Wildman–Crippen MR) is 92.1 cm³/mol. The fourth-order valence-corrected chi connectivity index (χ4v) is 2.36. The van der Waals surface area contributed by atoms with Crippen molar-refractivity contribution >= 4 is 5.82 Å². The lowest BCUT2D eigenvalue weighted by molar-refractivity contribution is 0.159.